The van der Waals surface area contributed by atoms with Crippen LogP contribution in [0.4, 0.5) is 0 Å². The van der Waals surface area contributed by atoms with Gasteiger partial charge in [0.25, 0.3) is 0 Å². The molecule has 0 aliphatic carbocycles. The van der Waals surface area contributed by atoms with Crippen LogP contribution in [0.5, 0.6) is 0 Å². The molecule has 1 fully saturated rings. The van der Waals surface area contributed by atoms with Crippen molar-refractivity contribution in [3.63, 3.8) is 0 Å². The summed E-state index contributed by atoms with van der Waals surface area (Å²) in [6.07, 6.45) is 1.72. The van der Waals surface area contributed by atoms with Crippen LogP contribution in [-0.4, -0.2) is 19.8 Å². The van der Waals surface area contributed by atoms with Gasteiger partial charge >= 0.3 is 0 Å². The molecular weight excluding hydrogens is 154 g/mol. The molecule has 1 saturated heterocycles. The highest BCUT2D eigenvalue weighted by Gasteiger charge is 2.19. The van der Waals surface area contributed by atoms with Gasteiger partial charge in [0.1, 0.15) is 5.76 Å². The number of aryl methyl sites for hydroxylation is 1. The lowest BCUT2D eigenvalue weighted by atomic mass is 10.1. The smallest absolute Gasteiger partial charge is 0.125 e. The fraction of sp³-hybridized carbons (Fsp3) is 0.556. The van der Waals surface area contributed by atoms with Crippen LogP contribution >= 0.6 is 0 Å². The van der Waals surface area contributed by atoms with Crippen molar-refractivity contribution in [1.29, 1.82) is 0 Å². The maximum absolute atomic E-state index is 5.36. The van der Waals surface area contributed by atoms with Gasteiger partial charge in [0.05, 0.1) is 25.5 Å². The molecule has 1 aliphatic heterocycles. The van der Waals surface area contributed by atoms with Gasteiger partial charge in [-0.2, -0.15) is 0 Å². The minimum Gasteiger partial charge on any atom is -0.467 e. The van der Waals surface area contributed by atoms with Crippen molar-refractivity contribution >= 4 is 0 Å². The van der Waals surface area contributed by atoms with E-state index in [2.05, 4.69) is 12.2 Å². The summed E-state index contributed by atoms with van der Waals surface area (Å²) in [4.78, 5) is 0. The number of ether oxygens (including phenoxy) is 1. The van der Waals surface area contributed by atoms with E-state index in [1.54, 1.807) is 6.26 Å². The molecule has 0 bridgehead atoms. The monoisotopic (exact) mass is 167 g/mol. The fourth-order valence-corrected chi connectivity index (χ4v) is 1.48. The van der Waals surface area contributed by atoms with E-state index in [1.165, 1.54) is 5.56 Å². The summed E-state index contributed by atoms with van der Waals surface area (Å²) in [5, 5.41) is 3.34. The molecule has 1 aromatic rings. The van der Waals surface area contributed by atoms with Crippen molar-refractivity contribution < 1.29 is 9.15 Å². The van der Waals surface area contributed by atoms with Crippen molar-refractivity contribution in [3.8, 4) is 0 Å². The van der Waals surface area contributed by atoms with Gasteiger partial charge in [-0.25, -0.2) is 0 Å². The number of nitrogens with one attached hydrogen (secondary N) is 1. The van der Waals surface area contributed by atoms with Crippen molar-refractivity contribution in [1.82, 2.24) is 5.32 Å². The van der Waals surface area contributed by atoms with Crippen LogP contribution in [0, 0.1) is 6.92 Å². The van der Waals surface area contributed by atoms with Crippen LogP contribution in [0.15, 0.2) is 16.7 Å². The first-order valence-corrected chi connectivity index (χ1v) is 4.23. The molecule has 12 heavy (non-hydrogen) atoms. The van der Waals surface area contributed by atoms with E-state index < -0.39 is 0 Å². The maximum atomic E-state index is 5.36. The van der Waals surface area contributed by atoms with Crippen molar-refractivity contribution in [2.75, 3.05) is 19.8 Å². The van der Waals surface area contributed by atoms with Gasteiger partial charge in [-0.1, -0.05) is 0 Å². The lowest BCUT2D eigenvalue weighted by molar-refractivity contribution is 0.0696. The molecule has 1 aromatic heterocycles. The molecule has 0 spiro atoms. The third-order valence-corrected chi connectivity index (χ3v) is 2.14. The Hall–Kier alpha value is -0.800. The number of hydrogen-bond donors (Lipinski definition) is 1. The number of rotatable bonds is 1. The lowest BCUT2D eigenvalue weighted by Gasteiger charge is -2.22. The molecule has 2 heterocycles. The highest BCUT2D eigenvalue weighted by Crippen LogP contribution is 2.20. The van der Waals surface area contributed by atoms with Crippen molar-refractivity contribution in [3.05, 3.63) is 23.7 Å². The van der Waals surface area contributed by atoms with Gasteiger partial charge in [0.15, 0.2) is 0 Å². The summed E-state index contributed by atoms with van der Waals surface area (Å²) >= 11 is 0. The molecule has 0 aromatic carbocycles. The molecule has 2 rings (SSSR count). The van der Waals surface area contributed by atoms with Crippen molar-refractivity contribution in [2.24, 2.45) is 0 Å². The molecule has 3 heteroatoms. The second-order valence-electron chi connectivity index (χ2n) is 3.05. The predicted octanol–water partition coefficient (Wildman–Crippen LogP) is 1.25. The number of hydrogen-bond acceptors (Lipinski definition) is 3. The summed E-state index contributed by atoms with van der Waals surface area (Å²) in [5.41, 5.74) is 1.19. The van der Waals surface area contributed by atoms with Gasteiger partial charge in [-0.05, 0) is 18.6 Å². The molecule has 1 unspecified atom stereocenters. The summed E-state index contributed by atoms with van der Waals surface area (Å²) in [6.45, 7) is 4.48. The third-order valence-electron chi connectivity index (χ3n) is 2.14. The SMILES string of the molecule is Cc1ccoc1C1COCCN1. The lowest BCUT2D eigenvalue weighted by Crippen LogP contribution is -2.34. The van der Waals surface area contributed by atoms with E-state index in [9.17, 15) is 0 Å². The quantitative estimate of drug-likeness (QED) is 0.683. The molecule has 0 amide bonds. The van der Waals surface area contributed by atoms with Crippen LogP contribution in [0.25, 0.3) is 0 Å². The molecule has 0 radical (unpaired) electrons. The van der Waals surface area contributed by atoms with Crippen LogP contribution in [0.2, 0.25) is 0 Å². The van der Waals surface area contributed by atoms with Gasteiger partial charge in [-0.15, -0.1) is 0 Å². The van der Waals surface area contributed by atoms with Crippen LogP contribution < -0.4 is 5.32 Å². The van der Waals surface area contributed by atoms with E-state index in [0.29, 0.717) is 6.61 Å². The van der Waals surface area contributed by atoms with Gasteiger partial charge in [0.2, 0.25) is 0 Å². The topological polar surface area (TPSA) is 34.4 Å². The molecule has 1 aliphatic rings. The van der Waals surface area contributed by atoms with Crippen LogP contribution in [-0.2, 0) is 4.74 Å². The third kappa shape index (κ3) is 1.38. The van der Waals surface area contributed by atoms with Crippen LogP contribution in [0.1, 0.15) is 17.4 Å². The molecule has 0 saturated carbocycles. The number of morpholine rings is 1. The Bertz CT molecular complexity index is 251. The zero-order valence-corrected chi connectivity index (χ0v) is 7.17. The first kappa shape index (κ1) is 7.83. The first-order chi connectivity index (χ1) is 5.88. The standard InChI is InChI=1S/C9H13NO2/c1-7-2-4-12-9(7)8-6-11-5-3-10-8/h2,4,8,10H,3,5-6H2,1H3. The second-order valence-corrected chi connectivity index (χ2v) is 3.05. The average Bonchev–Trinajstić information content (AvgIpc) is 2.53. The minimum absolute atomic E-state index is 0.244. The van der Waals surface area contributed by atoms with Gasteiger partial charge in [0, 0.05) is 6.54 Å². The molecule has 3 nitrogen and oxygen atoms in total. The van der Waals surface area contributed by atoms with E-state index in [0.717, 1.165) is 18.9 Å². The zero-order valence-electron chi connectivity index (χ0n) is 7.17. The Morgan fingerprint density at radius 1 is 1.58 bits per heavy atom. The largest absolute Gasteiger partial charge is 0.467 e. The van der Waals surface area contributed by atoms with Gasteiger partial charge < -0.3 is 14.5 Å². The number of furan rings is 1. The van der Waals surface area contributed by atoms with Crippen LogP contribution in [0.3, 0.4) is 0 Å². The van der Waals surface area contributed by atoms with E-state index in [1.807, 2.05) is 6.07 Å². The summed E-state index contributed by atoms with van der Waals surface area (Å²) in [5.74, 6) is 1.01. The molecule has 1 atom stereocenters. The maximum Gasteiger partial charge on any atom is 0.125 e. The molecular formula is C9H13NO2. The summed E-state index contributed by atoms with van der Waals surface area (Å²) in [6, 6.07) is 2.22. The first-order valence-electron chi connectivity index (χ1n) is 4.23. The van der Waals surface area contributed by atoms with E-state index in [-0.39, 0.29) is 6.04 Å². The Labute approximate surface area is 71.7 Å². The highest BCUT2D eigenvalue weighted by atomic mass is 16.5. The fourth-order valence-electron chi connectivity index (χ4n) is 1.48. The Morgan fingerprint density at radius 2 is 2.50 bits per heavy atom. The second kappa shape index (κ2) is 3.29. The molecule has 66 valence electrons. The zero-order chi connectivity index (χ0) is 8.39. The normalized spacial score (nSPS) is 24.2. The average molecular weight is 167 g/mol. The molecule has 1 N–H and O–H groups in total. The van der Waals surface area contributed by atoms with E-state index >= 15 is 0 Å². The van der Waals surface area contributed by atoms with Gasteiger partial charge in [-0.3, -0.25) is 0 Å². The summed E-state index contributed by atoms with van der Waals surface area (Å²) < 4.78 is 10.7. The van der Waals surface area contributed by atoms with E-state index in [4.69, 9.17) is 9.15 Å². The Morgan fingerprint density at radius 3 is 3.08 bits per heavy atom. The highest BCUT2D eigenvalue weighted by molar-refractivity contribution is 5.18. The minimum atomic E-state index is 0.244. The van der Waals surface area contributed by atoms with Crippen molar-refractivity contribution in [2.45, 2.75) is 13.0 Å². The Kier molecular flexibility index (Phi) is 2.15. The predicted molar refractivity (Wildman–Crippen MR) is 45.0 cm³/mol. The summed E-state index contributed by atoms with van der Waals surface area (Å²) in [7, 11) is 0. The Balaban J connectivity index is 2.13.